The maximum Gasteiger partial charge on any atom is 0.392 e. The molecule has 11 heteroatoms. The molecule has 0 spiro atoms. The summed E-state index contributed by atoms with van der Waals surface area (Å²) in [5.74, 6) is -2.12. The van der Waals surface area contributed by atoms with Gasteiger partial charge in [-0.25, -0.2) is 14.7 Å². The van der Waals surface area contributed by atoms with Crippen molar-refractivity contribution in [3.8, 4) is 11.6 Å². The summed E-state index contributed by atoms with van der Waals surface area (Å²) in [6.45, 7) is 7.20. The van der Waals surface area contributed by atoms with Crippen molar-refractivity contribution in [2.45, 2.75) is 58.2 Å². The molecule has 0 fully saturated rings. The molecule has 2 aromatic heterocycles. The first-order valence-corrected chi connectivity index (χ1v) is 13.8. The maximum absolute atomic E-state index is 13.2. The van der Waals surface area contributed by atoms with Gasteiger partial charge >= 0.3 is 6.18 Å². The number of carbonyl (C=O) groups is 1. The molecule has 2 heterocycles. The minimum atomic E-state index is -4.30. The normalized spacial score (nSPS) is 16.0. The highest BCUT2D eigenvalue weighted by molar-refractivity contribution is 7.90. The van der Waals surface area contributed by atoms with Gasteiger partial charge in [0, 0.05) is 8.55 Å². The van der Waals surface area contributed by atoms with Gasteiger partial charge in [-0.3, -0.25) is 4.79 Å². The van der Waals surface area contributed by atoms with Crippen LogP contribution in [0.25, 0.3) is 5.57 Å². The molecule has 1 N–H and O–H groups in total. The summed E-state index contributed by atoms with van der Waals surface area (Å²) in [7, 11) is -4.30. The fourth-order valence-electron chi connectivity index (χ4n) is 4.56. The second kappa shape index (κ2) is 10.8. The number of halogens is 3. The molecule has 0 aliphatic heterocycles. The highest BCUT2D eigenvalue weighted by Crippen LogP contribution is 2.40. The standard InChI is InChI=1S/C28H28F3N3O4S.2H2/c1-16-14-17(2)25(18(3)15-16)38-27-22(26(35)34-39(36,37)24-7-5-6-19(4)32-24)12-13-23(33-27)20-8-10-21(11-9-20)28(29,30)31;;/h5-8,12-15,21H,9-11H2,1-4H3,(H,34,35);2*1H. The molecule has 1 atom stereocenters. The number of benzene rings is 1. The molecule has 0 radical (unpaired) electrons. The Hall–Kier alpha value is -3.73. The molecule has 7 nitrogen and oxygen atoms in total. The van der Waals surface area contributed by atoms with E-state index in [0.29, 0.717) is 22.7 Å². The van der Waals surface area contributed by atoms with Crippen LogP contribution in [-0.4, -0.2) is 30.5 Å². The second-order valence-electron chi connectivity index (χ2n) is 9.67. The molecule has 210 valence electrons. The number of nitrogens with zero attached hydrogens (tertiary/aromatic N) is 2. The zero-order chi connectivity index (χ0) is 28.5. The third kappa shape index (κ3) is 6.47. The van der Waals surface area contributed by atoms with E-state index in [-0.39, 0.29) is 38.6 Å². The summed E-state index contributed by atoms with van der Waals surface area (Å²) in [5, 5.41) is -0.320. The van der Waals surface area contributed by atoms with Gasteiger partial charge in [-0.05, 0) is 87.9 Å². The van der Waals surface area contributed by atoms with Gasteiger partial charge in [0.25, 0.3) is 15.9 Å². The fourth-order valence-corrected chi connectivity index (χ4v) is 5.54. The number of sulfonamides is 1. The number of hydrogen-bond acceptors (Lipinski definition) is 6. The molecule has 1 aliphatic rings. The van der Waals surface area contributed by atoms with E-state index in [9.17, 15) is 26.4 Å². The van der Waals surface area contributed by atoms with E-state index in [0.717, 1.165) is 16.7 Å². The van der Waals surface area contributed by atoms with Gasteiger partial charge in [-0.15, -0.1) is 0 Å². The topological polar surface area (TPSA) is 98.2 Å². The molecule has 3 aromatic rings. The Morgan fingerprint density at radius 1 is 1.05 bits per heavy atom. The molecule has 0 bridgehead atoms. The number of alkyl halides is 3. The van der Waals surface area contributed by atoms with Crippen molar-refractivity contribution in [3.63, 3.8) is 0 Å². The van der Waals surface area contributed by atoms with Crippen LogP contribution in [0.15, 0.2) is 53.6 Å². The molecule has 1 aromatic carbocycles. The monoisotopic (exact) mass is 563 g/mol. The minimum absolute atomic E-state index is 0. The average Bonchev–Trinajstić information content (AvgIpc) is 2.85. The largest absolute Gasteiger partial charge is 0.438 e. The quantitative estimate of drug-likeness (QED) is 0.352. The summed E-state index contributed by atoms with van der Waals surface area (Å²) in [6, 6.07) is 11.0. The van der Waals surface area contributed by atoms with E-state index in [1.165, 1.54) is 30.3 Å². The van der Waals surface area contributed by atoms with Crippen LogP contribution in [0.1, 0.15) is 60.6 Å². The molecule has 0 saturated carbocycles. The molecule has 39 heavy (non-hydrogen) atoms. The zero-order valence-electron chi connectivity index (χ0n) is 21.9. The molecule has 4 rings (SSSR count). The predicted molar refractivity (Wildman–Crippen MR) is 144 cm³/mol. The van der Waals surface area contributed by atoms with Crippen molar-refractivity contribution in [2.75, 3.05) is 0 Å². The summed E-state index contributed by atoms with van der Waals surface area (Å²) in [5.41, 5.74) is 3.80. The Morgan fingerprint density at radius 2 is 1.74 bits per heavy atom. The third-order valence-corrected chi connectivity index (χ3v) is 7.71. The summed E-state index contributed by atoms with van der Waals surface area (Å²) in [4.78, 5) is 21.7. The van der Waals surface area contributed by atoms with Crippen LogP contribution >= 0.6 is 0 Å². The van der Waals surface area contributed by atoms with Crippen LogP contribution < -0.4 is 9.46 Å². The Morgan fingerprint density at radius 3 is 2.33 bits per heavy atom. The summed E-state index contributed by atoms with van der Waals surface area (Å²) in [6.07, 6.45) is -2.87. The number of rotatable bonds is 6. The van der Waals surface area contributed by atoms with Gasteiger partial charge in [0.05, 0.1) is 11.6 Å². The van der Waals surface area contributed by atoms with Crippen LogP contribution in [0.5, 0.6) is 11.6 Å². The number of aromatic nitrogens is 2. The lowest BCUT2D eigenvalue weighted by atomic mass is 9.87. The van der Waals surface area contributed by atoms with Crippen LogP contribution in [0.4, 0.5) is 13.2 Å². The van der Waals surface area contributed by atoms with Crippen molar-refractivity contribution < 1.29 is 34.0 Å². The van der Waals surface area contributed by atoms with E-state index < -0.39 is 28.0 Å². The van der Waals surface area contributed by atoms with Crippen LogP contribution in [0, 0.1) is 33.6 Å². The van der Waals surface area contributed by atoms with Gasteiger partial charge in [0.2, 0.25) is 5.88 Å². The molecule has 0 saturated heterocycles. The van der Waals surface area contributed by atoms with Gasteiger partial charge in [0.15, 0.2) is 5.03 Å². The number of nitrogens with one attached hydrogen (secondary N) is 1. The summed E-state index contributed by atoms with van der Waals surface area (Å²) >= 11 is 0. The number of carbonyl (C=O) groups excluding carboxylic acids is 1. The van der Waals surface area contributed by atoms with Crippen molar-refractivity contribution in [1.29, 1.82) is 0 Å². The Kier molecular flexibility index (Phi) is 7.83. The number of amides is 1. The van der Waals surface area contributed by atoms with Gasteiger partial charge in [-0.2, -0.15) is 21.6 Å². The predicted octanol–water partition coefficient (Wildman–Crippen LogP) is 6.86. The number of allylic oxidation sites excluding steroid dienone is 2. The highest BCUT2D eigenvalue weighted by Gasteiger charge is 2.40. The molecular weight excluding hydrogens is 531 g/mol. The Labute approximate surface area is 228 Å². The minimum Gasteiger partial charge on any atom is -0.438 e. The van der Waals surface area contributed by atoms with Crippen molar-refractivity contribution in [3.05, 3.63) is 82.2 Å². The van der Waals surface area contributed by atoms with Gasteiger partial charge in [-0.1, -0.05) is 29.8 Å². The van der Waals surface area contributed by atoms with Crippen molar-refractivity contribution in [1.82, 2.24) is 14.7 Å². The SMILES string of the molecule is Cc1cc(C)c(Oc2nc(C3=CCC(C(F)(F)F)CC3)ccc2C(=O)NS(=O)(=O)c2cccc(C)n2)c(C)c1.[HH].[HH]. The zero-order valence-corrected chi connectivity index (χ0v) is 22.7. The Balaban J connectivity index is 0.00000294. The van der Waals surface area contributed by atoms with E-state index in [1.807, 2.05) is 37.6 Å². The second-order valence-corrected chi connectivity index (χ2v) is 11.3. The first kappa shape index (κ1) is 28.3. The van der Waals surface area contributed by atoms with Crippen molar-refractivity contribution in [2.24, 2.45) is 5.92 Å². The van der Waals surface area contributed by atoms with E-state index in [1.54, 1.807) is 13.0 Å². The maximum atomic E-state index is 13.2. The molecule has 1 unspecified atom stereocenters. The Bertz CT molecular complexity index is 1550. The molecular formula is C28H32F3N3O4S. The van der Waals surface area contributed by atoms with Gasteiger partial charge < -0.3 is 4.74 Å². The lowest BCUT2D eigenvalue weighted by Gasteiger charge is -2.24. The van der Waals surface area contributed by atoms with Crippen molar-refractivity contribution >= 4 is 21.5 Å². The number of aryl methyl sites for hydroxylation is 4. The van der Waals surface area contributed by atoms with E-state index in [2.05, 4.69) is 9.97 Å². The molecule has 1 aliphatic carbocycles. The lowest BCUT2D eigenvalue weighted by molar-refractivity contribution is -0.175. The van der Waals surface area contributed by atoms with E-state index >= 15 is 0 Å². The van der Waals surface area contributed by atoms with Gasteiger partial charge in [0.1, 0.15) is 11.3 Å². The third-order valence-electron chi connectivity index (χ3n) is 6.48. The number of ether oxygens (including phenoxy) is 1. The van der Waals surface area contributed by atoms with E-state index in [4.69, 9.17) is 4.74 Å². The summed E-state index contributed by atoms with van der Waals surface area (Å²) < 4.78 is 73.2. The number of pyridine rings is 2. The fraction of sp³-hybridized carbons (Fsp3) is 0.321. The molecule has 1 amide bonds. The average molecular weight is 564 g/mol. The first-order chi connectivity index (χ1) is 18.2. The van der Waals surface area contributed by atoms with Crippen LogP contribution in [0.3, 0.4) is 0 Å². The lowest BCUT2D eigenvalue weighted by Crippen LogP contribution is -2.31. The number of hydrogen-bond donors (Lipinski definition) is 1. The highest BCUT2D eigenvalue weighted by atomic mass is 32.2. The van der Waals surface area contributed by atoms with Crippen LogP contribution in [0.2, 0.25) is 0 Å². The van der Waals surface area contributed by atoms with Crippen LogP contribution in [-0.2, 0) is 10.0 Å². The smallest absolute Gasteiger partial charge is 0.392 e. The first-order valence-electron chi connectivity index (χ1n) is 12.3.